The number of ether oxygens (including phenoxy) is 2. The normalized spacial score (nSPS) is 13.1. The number of benzene rings is 2. The molecule has 0 aliphatic carbocycles. The second-order valence-corrected chi connectivity index (χ2v) is 6.87. The van der Waals surface area contributed by atoms with Crippen molar-refractivity contribution < 1.29 is 38.2 Å². The molecule has 0 heterocycles. The van der Waals surface area contributed by atoms with Crippen LogP contribution in [-0.4, -0.2) is 35.5 Å². The first-order valence-electron chi connectivity index (χ1n) is 9.64. The smallest absolute Gasteiger partial charge is 0.412 e. The van der Waals surface area contributed by atoms with E-state index < -0.39 is 35.7 Å². The summed E-state index contributed by atoms with van der Waals surface area (Å²) < 4.78 is 37.7. The van der Waals surface area contributed by atoms with Gasteiger partial charge in [0.2, 0.25) is 0 Å². The molecule has 4 N–H and O–H groups in total. The van der Waals surface area contributed by atoms with Crippen LogP contribution in [0.1, 0.15) is 25.5 Å². The van der Waals surface area contributed by atoms with Gasteiger partial charge >= 0.3 is 6.09 Å². The van der Waals surface area contributed by atoms with Gasteiger partial charge in [-0.25, -0.2) is 19.1 Å². The summed E-state index contributed by atoms with van der Waals surface area (Å²) in [5.74, 6) is -2.54. The van der Waals surface area contributed by atoms with Crippen molar-refractivity contribution in [2.75, 3.05) is 18.5 Å². The molecule has 2 aromatic rings. The summed E-state index contributed by atoms with van der Waals surface area (Å²) in [6.45, 7) is 3.11. The Balaban J connectivity index is 2.26. The molecule has 0 bridgehead atoms. The third-order valence-electron chi connectivity index (χ3n) is 4.42. The lowest BCUT2D eigenvalue weighted by Crippen LogP contribution is -2.23. The van der Waals surface area contributed by atoms with Crippen LogP contribution in [0.2, 0.25) is 0 Å². The van der Waals surface area contributed by atoms with Crippen LogP contribution in [0, 0.1) is 17.6 Å². The molecule has 2 aromatic carbocycles. The number of hydroxylamine groups is 1. The molecular weight excluding hydrogens is 426 g/mol. The molecular formula is C22H24F2N2O6. The van der Waals surface area contributed by atoms with Gasteiger partial charge in [0, 0.05) is 17.6 Å². The van der Waals surface area contributed by atoms with E-state index in [-0.39, 0.29) is 24.5 Å². The minimum atomic E-state index is -0.995. The Bertz CT molecular complexity index is 965. The molecule has 0 saturated carbocycles. The van der Waals surface area contributed by atoms with E-state index >= 15 is 0 Å². The Hall–Kier alpha value is -3.50. The number of carbonyl (C=O) groups excluding carboxylic acids is 2. The number of anilines is 1. The van der Waals surface area contributed by atoms with Gasteiger partial charge in [-0.05, 0) is 36.8 Å². The van der Waals surface area contributed by atoms with Crippen LogP contribution in [-0.2, 0) is 9.53 Å². The van der Waals surface area contributed by atoms with Gasteiger partial charge in [-0.15, -0.1) is 0 Å². The van der Waals surface area contributed by atoms with Gasteiger partial charge in [0.1, 0.15) is 30.1 Å². The van der Waals surface area contributed by atoms with Crippen LogP contribution >= 0.6 is 0 Å². The lowest BCUT2D eigenvalue weighted by Gasteiger charge is -2.23. The van der Waals surface area contributed by atoms with Crippen LogP contribution in [0.4, 0.5) is 19.3 Å². The quantitative estimate of drug-likeness (QED) is 0.263. The van der Waals surface area contributed by atoms with Gasteiger partial charge in [0.05, 0.1) is 12.3 Å². The zero-order valence-corrected chi connectivity index (χ0v) is 17.5. The van der Waals surface area contributed by atoms with Crippen LogP contribution in [0.5, 0.6) is 5.75 Å². The van der Waals surface area contributed by atoms with Crippen molar-refractivity contribution in [3.05, 3.63) is 71.3 Å². The average molecular weight is 450 g/mol. The van der Waals surface area contributed by atoms with Crippen molar-refractivity contribution in [2.24, 2.45) is 5.92 Å². The van der Waals surface area contributed by atoms with Gasteiger partial charge in [-0.2, -0.15) is 0 Å². The molecule has 32 heavy (non-hydrogen) atoms. The Morgan fingerprint density at radius 1 is 1.16 bits per heavy atom. The van der Waals surface area contributed by atoms with Gasteiger partial charge in [-0.3, -0.25) is 15.3 Å². The molecule has 8 nitrogen and oxygen atoms in total. The summed E-state index contributed by atoms with van der Waals surface area (Å²) in [4.78, 5) is 24.1. The van der Waals surface area contributed by atoms with Crippen LogP contribution in [0.25, 0.3) is 0 Å². The third-order valence-corrected chi connectivity index (χ3v) is 4.42. The molecule has 0 unspecified atom stereocenters. The van der Waals surface area contributed by atoms with Gasteiger partial charge < -0.3 is 14.6 Å². The number of rotatable bonds is 9. The highest BCUT2D eigenvalue weighted by molar-refractivity contribution is 5.91. The predicted octanol–water partition coefficient (Wildman–Crippen LogP) is 3.71. The summed E-state index contributed by atoms with van der Waals surface area (Å²) >= 11 is 0. The largest absolute Gasteiger partial charge is 0.491 e. The standard InChI is InChI=1S/C22H24F2N2O6/c1-13(11-14(2)21(28)26-30)20(15-3-6-17(7-4-15)31-10-9-27)32-22(29)25-19-8-5-16(23)12-18(19)24/h3-8,11-13,20,27,30H,9-10H2,1-2H3,(H,25,29)(H,26,28)/b14-11+/t13-,20-/m0/s1. The third kappa shape index (κ3) is 7.03. The number of aliphatic hydroxyl groups excluding tert-OH is 1. The number of halogens is 2. The highest BCUT2D eigenvalue weighted by atomic mass is 19.1. The van der Waals surface area contributed by atoms with Crippen molar-refractivity contribution >= 4 is 17.7 Å². The molecule has 0 radical (unpaired) electrons. The summed E-state index contributed by atoms with van der Waals surface area (Å²) in [6, 6.07) is 9.17. The molecule has 2 atom stereocenters. The maximum atomic E-state index is 13.9. The van der Waals surface area contributed by atoms with Gasteiger partial charge in [-0.1, -0.05) is 25.1 Å². The van der Waals surface area contributed by atoms with Crippen molar-refractivity contribution in [1.29, 1.82) is 0 Å². The lowest BCUT2D eigenvalue weighted by molar-refractivity contribution is -0.125. The minimum absolute atomic E-state index is 0.111. The first-order valence-corrected chi connectivity index (χ1v) is 9.64. The molecule has 0 spiro atoms. The summed E-state index contributed by atoms with van der Waals surface area (Å²) in [6.07, 6.45) is -0.407. The Labute approximate surface area is 183 Å². The van der Waals surface area contributed by atoms with Crippen molar-refractivity contribution in [3.8, 4) is 5.75 Å². The minimum Gasteiger partial charge on any atom is -0.491 e. The summed E-state index contributed by atoms with van der Waals surface area (Å²) in [7, 11) is 0. The van der Waals surface area contributed by atoms with Crippen molar-refractivity contribution in [1.82, 2.24) is 5.48 Å². The molecule has 0 aromatic heterocycles. The molecule has 0 fully saturated rings. The van der Waals surface area contributed by atoms with E-state index in [9.17, 15) is 18.4 Å². The van der Waals surface area contributed by atoms with E-state index in [4.69, 9.17) is 19.8 Å². The Morgan fingerprint density at radius 3 is 2.44 bits per heavy atom. The van der Waals surface area contributed by atoms with Crippen LogP contribution in [0.15, 0.2) is 54.1 Å². The zero-order chi connectivity index (χ0) is 23.7. The van der Waals surface area contributed by atoms with E-state index in [1.807, 2.05) is 0 Å². The van der Waals surface area contributed by atoms with E-state index in [0.29, 0.717) is 17.4 Å². The first kappa shape index (κ1) is 24.8. The molecule has 2 amide bonds. The van der Waals surface area contributed by atoms with Gasteiger partial charge in [0.25, 0.3) is 5.91 Å². The maximum Gasteiger partial charge on any atom is 0.412 e. The fraction of sp³-hybridized carbons (Fsp3) is 0.273. The first-order chi connectivity index (χ1) is 15.2. The molecule has 0 aliphatic heterocycles. The number of nitrogens with one attached hydrogen (secondary N) is 2. The van der Waals surface area contributed by atoms with Crippen LogP contribution < -0.4 is 15.5 Å². The Morgan fingerprint density at radius 2 is 1.84 bits per heavy atom. The fourth-order valence-corrected chi connectivity index (χ4v) is 2.89. The number of carbonyl (C=O) groups is 2. The van der Waals surface area contributed by atoms with Crippen molar-refractivity contribution in [2.45, 2.75) is 20.0 Å². The zero-order valence-electron chi connectivity index (χ0n) is 17.5. The van der Waals surface area contributed by atoms with E-state index in [2.05, 4.69) is 5.32 Å². The number of hydrogen-bond donors (Lipinski definition) is 4. The van der Waals surface area contributed by atoms with E-state index in [1.165, 1.54) is 18.5 Å². The number of aliphatic hydroxyl groups is 1. The second kappa shape index (κ2) is 11.8. The topological polar surface area (TPSA) is 117 Å². The maximum absolute atomic E-state index is 13.9. The fourth-order valence-electron chi connectivity index (χ4n) is 2.89. The molecule has 10 heteroatoms. The molecule has 0 aliphatic rings. The van der Waals surface area contributed by atoms with Gasteiger partial charge in [0.15, 0.2) is 0 Å². The SMILES string of the molecule is C/C(=C\[C@H](C)[C@H](OC(=O)Nc1ccc(F)cc1F)c1ccc(OCCO)cc1)C(=O)NO. The Kier molecular flexibility index (Phi) is 9.11. The predicted molar refractivity (Wildman–Crippen MR) is 111 cm³/mol. The number of hydrogen-bond acceptors (Lipinski definition) is 6. The second-order valence-electron chi connectivity index (χ2n) is 6.87. The lowest BCUT2D eigenvalue weighted by atomic mass is 9.95. The van der Waals surface area contributed by atoms with E-state index in [0.717, 1.165) is 12.1 Å². The number of amides is 2. The monoisotopic (exact) mass is 450 g/mol. The van der Waals surface area contributed by atoms with Crippen LogP contribution in [0.3, 0.4) is 0 Å². The molecule has 172 valence electrons. The van der Waals surface area contributed by atoms with Crippen molar-refractivity contribution in [3.63, 3.8) is 0 Å². The highest BCUT2D eigenvalue weighted by Gasteiger charge is 2.24. The summed E-state index contributed by atoms with van der Waals surface area (Å²) in [5, 5.41) is 19.9. The summed E-state index contributed by atoms with van der Waals surface area (Å²) in [5.41, 5.74) is 1.98. The molecule has 2 rings (SSSR count). The average Bonchev–Trinajstić information content (AvgIpc) is 2.77. The highest BCUT2D eigenvalue weighted by Crippen LogP contribution is 2.30. The van der Waals surface area contributed by atoms with E-state index in [1.54, 1.807) is 31.2 Å². The molecule has 0 saturated heterocycles.